The average Bonchev–Trinajstić information content (AvgIpc) is 2.40. The van der Waals surface area contributed by atoms with Crippen LogP contribution in [0.15, 0.2) is 6.33 Å². The normalized spacial score (nSPS) is 15.9. The van der Waals surface area contributed by atoms with Gasteiger partial charge >= 0.3 is 11.7 Å². The number of carboxylic acids is 1. The highest BCUT2D eigenvalue weighted by Gasteiger charge is 2.39. The van der Waals surface area contributed by atoms with E-state index in [1.165, 1.54) is 13.4 Å². The van der Waals surface area contributed by atoms with E-state index in [1.54, 1.807) is 0 Å². The summed E-state index contributed by atoms with van der Waals surface area (Å²) in [5.41, 5.74) is -0.706. The van der Waals surface area contributed by atoms with Gasteiger partial charge in [0.15, 0.2) is 0 Å². The average molecular weight is 296 g/mol. The molecule has 1 aromatic heterocycles. The smallest absolute Gasteiger partial charge is 0.372 e. The van der Waals surface area contributed by atoms with Gasteiger partial charge < -0.3 is 15.2 Å². The number of carbonyl (C=O) groups is 1. The maximum atomic E-state index is 11.1. The number of ether oxygens (including phenoxy) is 1. The summed E-state index contributed by atoms with van der Waals surface area (Å²) >= 11 is 0. The highest BCUT2D eigenvalue weighted by molar-refractivity contribution is 5.68. The van der Waals surface area contributed by atoms with E-state index in [1.807, 2.05) is 0 Å². The van der Waals surface area contributed by atoms with E-state index in [2.05, 4.69) is 15.3 Å². The molecule has 0 amide bonds. The first-order chi connectivity index (χ1) is 9.97. The molecule has 0 aliphatic heterocycles. The van der Waals surface area contributed by atoms with Crippen LogP contribution < -0.4 is 10.1 Å². The summed E-state index contributed by atoms with van der Waals surface area (Å²) in [5.74, 6) is -0.951. The fraction of sp³-hybridized carbons (Fsp3) is 0.583. The number of methoxy groups -OCH3 is 1. The number of hydrogen-bond donors (Lipinski definition) is 2. The third-order valence-electron chi connectivity index (χ3n) is 3.74. The van der Waals surface area contributed by atoms with Crippen LogP contribution in [0.25, 0.3) is 0 Å². The van der Waals surface area contributed by atoms with Crippen molar-refractivity contribution in [1.82, 2.24) is 9.97 Å². The molecule has 21 heavy (non-hydrogen) atoms. The molecular formula is C12H16N4O5. The molecule has 1 aliphatic rings. The Morgan fingerprint density at radius 3 is 2.76 bits per heavy atom. The van der Waals surface area contributed by atoms with Crippen LogP contribution in [0.4, 0.5) is 11.5 Å². The standard InChI is InChI=1S/C12H16N4O5/c1-21-11-9(16(19)20)10(14-7-15-11)13-6-12(3-2-4-12)5-8(17)18/h7H,2-6H2,1H3,(H,17,18)(H,13,14,15). The lowest BCUT2D eigenvalue weighted by Gasteiger charge is -2.40. The zero-order valence-electron chi connectivity index (χ0n) is 11.5. The monoisotopic (exact) mass is 296 g/mol. The van der Waals surface area contributed by atoms with Crippen LogP contribution in [0, 0.1) is 15.5 Å². The van der Waals surface area contributed by atoms with Crippen LogP contribution in [-0.2, 0) is 4.79 Å². The van der Waals surface area contributed by atoms with Crippen LogP contribution >= 0.6 is 0 Å². The van der Waals surface area contributed by atoms with Crippen molar-refractivity contribution >= 4 is 17.5 Å². The van der Waals surface area contributed by atoms with E-state index in [-0.39, 0.29) is 29.2 Å². The molecule has 1 fully saturated rings. The van der Waals surface area contributed by atoms with Crippen LogP contribution in [0.2, 0.25) is 0 Å². The number of aromatic nitrogens is 2. The van der Waals surface area contributed by atoms with Gasteiger partial charge in [0.1, 0.15) is 6.33 Å². The van der Waals surface area contributed by atoms with Crippen LogP contribution in [0.3, 0.4) is 0 Å². The van der Waals surface area contributed by atoms with Crippen molar-refractivity contribution in [3.05, 3.63) is 16.4 Å². The second-order valence-corrected chi connectivity index (χ2v) is 5.11. The van der Waals surface area contributed by atoms with Gasteiger partial charge in [0.2, 0.25) is 5.82 Å². The fourth-order valence-corrected chi connectivity index (χ4v) is 2.49. The Bertz CT molecular complexity index is 559. The molecule has 0 saturated heterocycles. The third kappa shape index (κ3) is 3.18. The summed E-state index contributed by atoms with van der Waals surface area (Å²) < 4.78 is 4.86. The highest BCUT2D eigenvalue weighted by Crippen LogP contribution is 2.44. The summed E-state index contributed by atoms with van der Waals surface area (Å²) in [6, 6.07) is 0. The van der Waals surface area contributed by atoms with Crippen molar-refractivity contribution < 1.29 is 19.6 Å². The minimum atomic E-state index is -0.869. The number of nitro groups is 1. The van der Waals surface area contributed by atoms with E-state index in [9.17, 15) is 14.9 Å². The predicted octanol–water partition coefficient (Wildman–Crippen LogP) is 1.45. The van der Waals surface area contributed by atoms with Crippen molar-refractivity contribution in [3.8, 4) is 5.88 Å². The van der Waals surface area contributed by atoms with Gasteiger partial charge in [-0.3, -0.25) is 14.9 Å². The molecule has 0 bridgehead atoms. The molecule has 114 valence electrons. The summed E-state index contributed by atoms with van der Waals surface area (Å²) in [6.07, 6.45) is 3.73. The van der Waals surface area contributed by atoms with E-state index in [4.69, 9.17) is 9.84 Å². The highest BCUT2D eigenvalue weighted by atomic mass is 16.6. The number of nitrogens with one attached hydrogen (secondary N) is 1. The number of hydrogen-bond acceptors (Lipinski definition) is 7. The molecular weight excluding hydrogens is 280 g/mol. The Morgan fingerprint density at radius 2 is 2.29 bits per heavy atom. The summed E-state index contributed by atoms with van der Waals surface area (Å²) in [4.78, 5) is 28.9. The lowest BCUT2D eigenvalue weighted by atomic mass is 9.66. The maximum absolute atomic E-state index is 11.1. The number of carboxylic acid groups (broad SMARTS) is 1. The van der Waals surface area contributed by atoms with Crippen molar-refractivity contribution in [1.29, 1.82) is 0 Å². The molecule has 1 aliphatic carbocycles. The maximum Gasteiger partial charge on any atom is 0.372 e. The zero-order chi connectivity index (χ0) is 15.5. The van der Waals surface area contributed by atoms with Gasteiger partial charge in [0.25, 0.3) is 5.88 Å². The second kappa shape index (κ2) is 5.90. The summed E-state index contributed by atoms with van der Waals surface area (Å²) in [5, 5.41) is 22.9. The van der Waals surface area contributed by atoms with Crippen LogP contribution in [0.1, 0.15) is 25.7 Å². The Morgan fingerprint density at radius 1 is 1.57 bits per heavy atom. The first kappa shape index (κ1) is 14.9. The van der Waals surface area contributed by atoms with Gasteiger partial charge in [0.05, 0.1) is 18.5 Å². The summed E-state index contributed by atoms with van der Waals surface area (Å²) in [7, 11) is 1.29. The van der Waals surface area contributed by atoms with Crippen LogP contribution in [0.5, 0.6) is 5.88 Å². The Balaban J connectivity index is 2.16. The molecule has 0 aromatic carbocycles. The van der Waals surface area contributed by atoms with Gasteiger partial charge in [-0.15, -0.1) is 0 Å². The minimum absolute atomic E-state index is 0.0377. The van der Waals surface area contributed by atoms with Crippen molar-refractivity contribution in [2.45, 2.75) is 25.7 Å². The lowest BCUT2D eigenvalue weighted by molar-refractivity contribution is -0.385. The van der Waals surface area contributed by atoms with Gasteiger partial charge in [-0.2, -0.15) is 4.98 Å². The van der Waals surface area contributed by atoms with Crippen molar-refractivity contribution in [3.63, 3.8) is 0 Å². The third-order valence-corrected chi connectivity index (χ3v) is 3.74. The Hall–Kier alpha value is -2.45. The van der Waals surface area contributed by atoms with Gasteiger partial charge in [-0.05, 0) is 18.3 Å². The second-order valence-electron chi connectivity index (χ2n) is 5.11. The van der Waals surface area contributed by atoms with Gasteiger partial charge in [-0.1, -0.05) is 6.42 Å². The molecule has 2 N–H and O–H groups in total. The number of nitrogens with zero attached hydrogens (tertiary/aromatic N) is 3. The molecule has 1 saturated carbocycles. The summed E-state index contributed by atoms with van der Waals surface area (Å²) in [6.45, 7) is 0.320. The molecule has 0 atom stereocenters. The van der Waals surface area contributed by atoms with E-state index in [0.717, 1.165) is 19.3 Å². The SMILES string of the molecule is COc1ncnc(NCC2(CC(=O)O)CCC2)c1[N+](=O)[O-]. The Kier molecular flexibility index (Phi) is 4.20. The molecule has 1 aromatic rings. The number of rotatable bonds is 7. The number of anilines is 1. The first-order valence-corrected chi connectivity index (χ1v) is 6.46. The van der Waals surface area contributed by atoms with Crippen molar-refractivity contribution in [2.75, 3.05) is 19.0 Å². The van der Waals surface area contributed by atoms with E-state index in [0.29, 0.717) is 6.54 Å². The van der Waals surface area contributed by atoms with Crippen LogP contribution in [-0.4, -0.2) is 39.6 Å². The predicted molar refractivity (Wildman–Crippen MR) is 72.3 cm³/mol. The molecule has 2 rings (SSSR count). The minimum Gasteiger partial charge on any atom is -0.481 e. The Labute approximate surface area is 120 Å². The topological polar surface area (TPSA) is 127 Å². The van der Waals surface area contributed by atoms with Gasteiger partial charge in [-0.25, -0.2) is 4.98 Å². The quantitative estimate of drug-likeness (QED) is 0.571. The molecule has 9 heteroatoms. The molecule has 1 heterocycles. The fourth-order valence-electron chi connectivity index (χ4n) is 2.49. The zero-order valence-corrected chi connectivity index (χ0v) is 11.5. The molecule has 0 radical (unpaired) electrons. The van der Waals surface area contributed by atoms with Gasteiger partial charge in [0, 0.05) is 6.54 Å². The van der Waals surface area contributed by atoms with E-state index >= 15 is 0 Å². The van der Waals surface area contributed by atoms with E-state index < -0.39 is 10.9 Å². The van der Waals surface area contributed by atoms with Crippen molar-refractivity contribution in [2.24, 2.45) is 5.41 Å². The molecule has 0 unspecified atom stereocenters. The largest absolute Gasteiger partial charge is 0.481 e. The molecule has 9 nitrogen and oxygen atoms in total. The number of aliphatic carboxylic acids is 1. The lowest BCUT2D eigenvalue weighted by Crippen LogP contribution is -2.38. The first-order valence-electron chi connectivity index (χ1n) is 6.46. The molecule has 0 spiro atoms.